The van der Waals surface area contributed by atoms with Crippen LogP contribution in [0.25, 0.3) is 0 Å². The van der Waals surface area contributed by atoms with E-state index in [0.29, 0.717) is 24.6 Å². The van der Waals surface area contributed by atoms with E-state index in [1.54, 1.807) is 10.7 Å². The molecule has 0 aliphatic rings. The van der Waals surface area contributed by atoms with Gasteiger partial charge < -0.3 is 4.90 Å². The fraction of sp³-hybridized carbons (Fsp3) is 0.286. The number of hydrogen-bond donors (Lipinski definition) is 0. The number of halogens is 1. The summed E-state index contributed by atoms with van der Waals surface area (Å²) in [7, 11) is 1.89. The van der Waals surface area contributed by atoms with Crippen molar-refractivity contribution in [1.29, 1.82) is 5.26 Å². The number of nitriles is 1. The molecule has 6 nitrogen and oxygen atoms in total. The normalized spacial score (nSPS) is 10.8. The monoisotopic (exact) mass is 302 g/mol. The third kappa shape index (κ3) is 3.80. The molecule has 7 heteroatoms. The van der Waals surface area contributed by atoms with Crippen LogP contribution >= 0.6 is 11.6 Å². The zero-order chi connectivity index (χ0) is 15.2. The number of anilines is 1. The number of aromatic nitrogens is 4. The molecule has 0 spiro atoms. The summed E-state index contributed by atoms with van der Waals surface area (Å²) in [4.78, 5) is 10.1. The van der Waals surface area contributed by atoms with Crippen LogP contribution in [0, 0.1) is 18.3 Å². The van der Waals surface area contributed by atoms with Gasteiger partial charge in [-0.15, -0.1) is 0 Å². The maximum atomic E-state index is 8.95. The van der Waals surface area contributed by atoms with Crippen LogP contribution in [0.1, 0.15) is 17.0 Å². The van der Waals surface area contributed by atoms with Gasteiger partial charge in [-0.2, -0.15) is 10.4 Å². The Labute approximate surface area is 128 Å². The molecule has 0 aromatic carbocycles. The fourth-order valence-corrected chi connectivity index (χ4v) is 2.08. The highest BCUT2D eigenvalue weighted by Gasteiger charge is 2.12. The second-order valence-corrected chi connectivity index (χ2v) is 4.78. The number of nitrogens with zero attached hydrogens (tertiary/aromatic N) is 6. The Morgan fingerprint density at radius 2 is 2.29 bits per heavy atom. The van der Waals surface area contributed by atoms with E-state index in [0.717, 1.165) is 11.3 Å². The van der Waals surface area contributed by atoms with Crippen molar-refractivity contribution in [2.24, 2.45) is 7.05 Å². The summed E-state index contributed by atoms with van der Waals surface area (Å²) in [6.07, 6.45) is 5.18. The Hall–Kier alpha value is -2.39. The highest BCUT2D eigenvalue weighted by Crippen LogP contribution is 2.16. The van der Waals surface area contributed by atoms with Gasteiger partial charge in [0.05, 0.1) is 5.69 Å². The molecule has 2 aromatic heterocycles. The van der Waals surface area contributed by atoms with E-state index in [4.69, 9.17) is 16.9 Å². The molecule has 0 unspecified atom stereocenters. The second-order valence-electron chi connectivity index (χ2n) is 4.53. The summed E-state index contributed by atoms with van der Waals surface area (Å²) in [6.45, 7) is 3.17. The maximum absolute atomic E-state index is 8.95. The topological polar surface area (TPSA) is 70.6 Å². The van der Waals surface area contributed by atoms with Crippen LogP contribution in [0.5, 0.6) is 0 Å². The average molecular weight is 303 g/mol. The smallest absolute Gasteiger partial charge is 0.145 e. The van der Waals surface area contributed by atoms with Gasteiger partial charge in [0, 0.05) is 43.5 Å². The molecule has 2 rings (SSSR count). The minimum atomic E-state index is 0.336. The summed E-state index contributed by atoms with van der Waals surface area (Å²) in [6, 6.07) is 3.68. The molecule has 0 bridgehead atoms. The van der Waals surface area contributed by atoms with Crippen molar-refractivity contribution >= 4 is 17.4 Å². The van der Waals surface area contributed by atoms with E-state index in [-0.39, 0.29) is 0 Å². The predicted molar refractivity (Wildman–Crippen MR) is 80.7 cm³/mol. The van der Waals surface area contributed by atoms with E-state index in [9.17, 15) is 0 Å². The van der Waals surface area contributed by atoms with Crippen LogP contribution in [0.2, 0.25) is 0 Å². The highest BCUT2D eigenvalue weighted by atomic mass is 35.5. The predicted octanol–water partition coefficient (Wildman–Crippen LogP) is 2.15. The molecule has 0 saturated heterocycles. The molecule has 2 heterocycles. The molecule has 0 atom stereocenters. The third-order valence-electron chi connectivity index (χ3n) is 2.98. The van der Waals surface area contributed by atoms with Crippen molar-refractivity contribution in [3.63, 3.8) is 0 Å². The Balaban J connectivity index is 2.29. The molecule has 108 valence electrons. The van der Waals surface area contributed by atoms with Crippen LogP contribution < -0.4 is 4.90 Å². The van der Waals surface area contributed by atoms with Crippen LogP contribution in [0.15, 0.2) is 30.2 Å². The van der Waals surface area contributed by atoms with Crippen molar-refractivity contribution in [2.75, 3.05) is 11.4 Å². The fourth-order valence-electron chi connectivity index (χ4n) is 2.00. The lowest BCUT2D eigenvalue weighted by Gasteiger charge is -2.21. The van der Waals surface area contributed by atoms with Crippen molar-refractivity contribution in [1.82, 2.24) is 19.7 Å². The summed E-state index contributed by atoms with van der Waals surface area (Å²) in [5, 5.41) is 13.3. The van der Waals surface area contributed by atoms with Gasteiger partial charge in [-0.05, 0) is 6.92 Å². The molecule has 0 saturated carbocycles. The Kier molecular flexibility index (Phi) is 4.90. The lowest BCUT2D eigenvalue weighted by atomic mass is 10.2. The van der Waals surface area contributed by atoms with Crippen molar-refractivity contribution in [2.45, 2.75) is 13.5 Å². The van der Waals surface area contributed by atoms with Crippen molar-refractivity contribution < 1.29 is 0 Å². The summed E-state index contributed by atoms with van der Waals surface area (Å²) < 4.78 is 1.78. The number of aryl methyl sites for hydroxylation is 2. The quantitative estimate of drug-likeness (QED) is 0.846. The molecule has 21 heavy (non-hydrogen) atoms. The zero-order valence-electron chi connectivity index (χ0n) is 11.9. The first-order valence-electron chi connectivity index (χ1n) is 6.35. The van der Waals surface area contributed by atoms with E-state index < -0.39 is 0 Å². The first-order chi connectivity index (χ1) is 10.1. The molecule has 0 aliphatic heterocycles. The first-order valence-corrected chi connectivity index (χ1v) is 6.79. The van der Waals surface area contributed by atoms with E-state index in [2.05, 4.69) is 15.1 Å². The van der Waals surface area contributed by atoms with Crippen molar-refractivity contribution in [3.05, 3.63) is 47.2 Å². The maximum Gasteiger partial charge on any atom is 0.145 e. The van der Waals surface area contributed by atoms with Gasteiger partial charge in [0.15, 0.2) is 0 Å². The highest BCUT2D eigenvalue weighted by molar-refractivity contribution is 6.25. The lowest BCUT2D eigenvalue weighted by molar-refractivity contribution is 0.756. The summed E-state index contributed by atoms with van der Waals surface area (Å²) in [5.74, 6) is 0.680. The minimum absolute atomic E-state index is 0.336. The van der Waals surface area contributed by atoms with Crippen molar-refractivity contribution in [3.8, 4) is 6.07 Å². The molecular weight excluding hydrogens is 288 g/mol. The molecule has 0 radical (unpaired) electrons. The van der Waals surface area contributed by atoms with Gasteiger partial charge in [0.1, 0.15) is 23.9 Å². The van der Waals surface area contributed by atoms with E-state index in [1.165, 1.54) is 11.9 Å². The molecule has 0 aliphatic carbocycles. The average Bonchev–Trinajstić information content (AvgIpc) is 2.81. The standard InChI is InChI=1S/C14H15ClN6/c1-11-12(8-20(2)19-11)9-21(5-3-4-15)14-6-13(7-16)17-10-18-14/h3-4,6,8,10H,5,9H2,1-2H3/b4-3+. The molecule has 0 amide bonds. The van der Waals surface area contributed by atoms with Crippen LogP contribution in [-0.2, 0) is 13.6 Å². The third-order valence-corrected chi connectivity index (χ3v) is 3.16. The van der Waals surface area contributed by atoms with Gasteiger partial charge >= 0.3 is 0 Å². The SMILES string of the molecule is Cc1nn(C)cc1CN(C/C=C/Cl)c1cc(C#N)ncn1. The Morgan fingerprint density at radius 1 is 1.48 bits per heavy atom. The molecule has 0 N–H and O–H groups in total. The first kappa shape index (κ1) is 15.0. The minimum Gasteiger partial charge on any atom is -0.348 e. The van der Waals surface area contributed by atoms with E-state index in [1.807, 2.05) is 37.2 Å². The van der Waals surface area contributed by atoms with Crippen LogP contribution in [0.3, 0.4) is 0 Å². The Bertz CT molecular complexity index is 685. The van der Waals surface area contributed by atoms with Gasteiger partial charge in [-0.1, -0.05) is 17.7 Å². The van der Waals surface area contributed by atoms with Crippen LogP contribution in [-0.4, -0.2) is 26.3 Å². The van der Waals surface area contributed by atoms with Gasteiger partial charge in [-0.3, -0.25) is 4.68 Å². The summed E-state index contributed by atoms with van der Waals surface area (Å²) >= 11 is 5.62. The zero-order valence-corrected chi connectivity index (χ0v) is 12.6. The molecular formula is C14H15ClN6. The number of hydrogen-bond acceptors (Lipinski definition) is 5. The number of rotatable bonds is 5. The molecule has 2 aromatic rings. The van der Waals surface area contributed by atoms with Gasteiger partial charge in [0.2, 0.25) is 0 Å². The molecule has 0 fully saturated rings. The second kappa shape index (κ2) is 6.86. The van der Waals surface area contributed by atoms with E-state index >= 15 is 0 Å². The summed E-state index contributed by atoms with van der Waals surface area (Å²) in [5.41, 5.74) is 3.86. The van der Waals surface area contributed by atoms with Gasteiger partial charge in [-0.25, -0.2) is 9.97 Å². The van der Waals surface area contributed by atoms with Crippen LogP contribution in [0.4, 0.5) is 5.82 Å². The lowest BCUT2D eigenvalue weighted by Crippen LogP contribution is -2.24. The largest absolute Gasteiger partial charge is 0.348 e. The van der Waals surface area contributed by atoms with Gasteiger partial charge in [0.25, 0.3) is 0 Å². The Morgan fingerprint density at radius 3 is 2.90 bits per heavy atom.